The maximum atomic E-state index is 13.2. The maximum Gasteiger partial charge on any atom is 0.230 e. The molecule has 170 valence electrons. The Morgan fingerprint density at radius 1 is 1.00 bits per heavy atom. The van der Waals surface area contributed by atoms with E-state index in [0.29, 0.717) is 0 Å². The van der Waals surface area contributed by atoms with E-state index in [4.69, 9.17) is 10.1 Å². The van der Waals surface area contributed by atoms with Crippen LogP contribution in [0, 0.1) is 13.8 Å². The van der Waals surface area contributed by atoms with Crippen molar-refractivity contribution in [3.05, 3.63) is 71.4 Å². The number of rotatable bonds is 5. The third-order valence-electron chi connectivity index (χ3n) is 6.43. The van der Waals surface area contributed by atoms with Crippen LogP contribution in [0.25, 0.3) is 16.0 Å². The Bertz CT molecular complexity index is 1250. The molecular weight excluding hydrogens is 430 g/mol. The van der Waals surface area contributed by atoms with E-state index < -0.39 is 0 Å². The van der Waals surface area contributed by atoms with Crippen LogP contribution in [-0.2, 0) is 4.79 Å². The van der Waals surface area contributed by atoms with E-state index in [2.05, 4.69) is 55.1 Å². The van der Waals surface area contributed by atoms with Gasteiger partial charge in [0.15, 0.2) is 10.8 Å². The molecule has 5 rings (SSSR count). The number of thiazole rings is 1. The number of carbonyl (C=O) groups excluding carboxylic acids is 1. The second kappa shape index (κ2) is 8.98. The van der Waals surface area contributed by atoms with Crippen molar-refractivity contribution in [2.45, 2.75) is 33.1 Å². The molecule has 2 aromatic carbocycles. The van der Waals surface area contributed by atoms with Crippen molar-refractivity contribution in [3.8, 4) is 5.69 Å². The number of carbonyl (C=O) groups is 1. The average molecular weight is 460 g/mol. The summed E-state index contributed by atoms with van der Waals surface area (Å²) in [5.41, 5.74) is 5.26. The summed E-state index contributed by atoms with van der Waals surface area (Å²) in [4.78, 5) is 22.5. The van der Waals surface area contributed by atoms with Gasteiger partial charge in [0.05, 0.1) is 22.0 Å². The average Bonchev–Trinajstić information content (AvgIpc) is 3.41. The van der Waals surface area contributed by atoms with Crippen molar-refractivity contribution in [3.63, 3.8) is 0 Å². The van der Waals surface area contributed by atoms with Crippen LogP contribution in [0.2, 0.25) is 0 Å². The topological polar surface area (TPSA) is 54.3 Å². The molecule has 1 aliphatic rings. The zero-order chi connectivity index (χ0) is 22.9. The molecule has 1 saturated heterocycles. The smallest absolute Gasteiger partial charge is 0.230 e. The summed E-state index contributed by atoms with van der Waals surface area (Å²) in [6.07, 6.45) is 0.815. The van der Waals surface area contributed by atoms with Gasteiger partial charge in [-0.3, -0.25) is 4.79 Å². The zero-order valence-corrected chi connectivity index (χ0v) is 20.2. The highest BCUT2D eigenvalue weighted by molar-refractivity contribution is 7.22. The standard InChI is InChI=1S/C26H29N5OS/c1-4-22(20-8-6-5-7-9-20)25(32)29-14-16-30(17-15-29)26-27-24-23(33-26)19(3)28-31(24)21-12-10-18(2)11-13-21/h5-13,22H,4,14-17H2,1-3H3/t22-/m1/s1. The number of aromatic nitrogens is 3. The molecule has 2 aromatic heterocycles. The maximum absolute atomic E-state index is 13.2. The quantitative estimate of drug-likeness (QED) is 0.424. The lowest BCUT2D eigenvalue weighted by Crippen LogP contribution is -2.50. The predicted molar refractivity (Wildman–Crippen MR) is 134 cm³/mol. The van der Waals surface area contributed by atoms with E-state index >= 15 is 0 Å². The minimum Gasteiger partial charge on any atom is -0.344 e. The molecule has 4 aromatic rings. The van der Waals surface area contributed by atoms with Gasteiger partial charge >= 0.3 is 0 Å². The molecule has 0 bridgehead atoms. The van der Waals surface area contributed by atoms with Crippen molar-refractivity contribution in [1.29, 1.82) is 0 Å². The molecule has 0 saturated carbocycles. The van der Waals surface area contributed by atoms with Crippen molar-refractivity contribution in [2.75, 3.05) is 31.1 Å². The van der Waals surface area contributed by atoms with E-state index in [0.717, 1.165) is 65.0 Å². The minimum atomic E-state index is -0.0663. The molecule has 0 spiro atoms. The van der Waals surface area contributed by atoms with Crippen LogP contribution in [0.3, 0.4) is 0 Å². The fourth-order valence-electron chi connectivity index (χ4n) is 4.50. The van der Waals surface area contributed by atoms with Crippen LogP contribution >= 0.6 is 11.3 Å². The highest BCUT2D eigenvalue weighted by Crippen LogP contribution is 2.33. The molecule has 7 heteroatoms. The number of fused-ring (bicyclic) bond motifs is 1. The molecule has 1 atom stereocenters. The molecule has 6 nitrogen and oxygen atoms in total. The van der Waals surface area contributed by atoms with Gasteiger partial charge in [0.25, 0.3) is 0 Å². The molecule has 1 aliphatic heterocycles. The van der Waals surface area contributed by atoms with Gasteiger partial charge in [-0.2, -0.15) is 10.1 Å². The number of aryl methyl sites for hydroxylation is 2. The number of nitrogens with zero attached hydrogens (tertiary/aromatic N) is 5. The fourth-order valence-corrected chi connectivity index (χ4v) is 5.54. The minimum absolute atomic E-state index is 0.0663. The van der Waals surface area contributed by atoms with E-state index in [1.165, 1.54) is 5.56 Å². The zero-order valence-electron chi connectivity index (χ0n) is 19.4. The molecule has 1 fully saturated rings. The third kappa shape index (κ3) is 4.13. The summed E-state index contributed by atoms with van der Waals surface area (Å²) in [7, 11) is 0. The monoisotopic (exact) mass is 459 g/mol. The van der Waals surface area contributed by atoms with Gasteiger partial charge in [0, 0.05) is 26.2 Å². The number of amides is 1. The number of piperazine rings is 1. The molecule has 0 unspecified atom stereocenters. The van der Waals surface area contributed by atoms with E-state index in [1.807, 2.05) is 34.7 Å². The van der Waals surface area contributed by atoms with Gasteiger partial charge in [0.1, 0.15) is 0 Å². The van der Waals surface area contributed by atoms with Gasteiger partial charge in [-0.15, -0.1) is 0 Å². The second-order valence-corrected chi connectivity index (χ2v) is 9.64. The van der Waals surface area contributed by atoms with Gasteiger partial charge in [-0.25, -0.2) is 4.68 Å². The van der Waals surface area contributed by atoms with E-state index in [-0.39, 0.29) is 11.8 Å². The molecule has 0 N–H and O–H groups in total. The Labute approximate surface area is 198 Å². The van der Waals surface area contributed by atoms with Crippen molar-refractivity contribution >= 4 is 32.7 Å². The van der Waals surface area contributed by atoms with Crippen LogP contribution in [0.5, 0.6) is 0 Å². The highest BCUT2D eigenvalue weighted by atomic mass is 32.1. The molecule has 1 amide bonds. The summed E-state index contributed by atoms with van der Waals surface area (Å²) in [6.45, 7) is 9.25. The Morgan fingerprint density at radius 3 is 2.36 bits per heavy atom. The van der Waals surface area contributed by atoms with Gasteiger partial charge in [0.2, 0.25) is 5.91 Å². The SMILES string of the molecule is CC[C@@H](C(=O)N1CCN(c2nc3c(s2)c(C)nn3-c2ccc(C)cc2)CC1)c1ccccc1. The Morgan fingerprint density at radius 2 is 1.70 bits per heavy atom. The summed E-state index contributed by atoms with van der Waals surface area (Å²) in [5, 5.41) is 5.73. The van der Waals surface area contributed by atoms with Crippen LogP contribution in [0.4, 0.5) is 5.13 Å². The Hall–Kier alpha value is -3.19. The first-order chi connectivity index (χ1) is 16.0. The highest BCUT2D eigenvalue weighted by Gasteiger charge is 2.29. The molecule has 0 aliphatic carbocycles. The number of hydrogen-bond acceptors (Lipinski definition) is 5. The second-order valence-electron chi connectivity index (χ2n) is 8.67. The predicted octanol–water partition coefficient (Wildman–Crippen LogP) is 4.94. The summed E-state index contributed by atoms with van der Waals surface area (Å²) >= 11 is 1.69. The van der Waals surface area contributed by atoms with Crippen LogP contribution in [-0.4, -0.2) is 51.8 Å². The lowest BCUT2D eigenvalue weighted by atomic mass is 9.95. The van der Waals surface area contributed by atoms with Crippen LogP contribution in [0.1, 0.15) is 36.1 Å². The Kier molecular flexibility index (Phi) is 5.89. The molecule has 3 heterocycles. The number of hydrogen-bond donors (Lipinski definition) is 0. The van der Waals surface area contributed by atoms with Crippen LogP contribution < -0.4 is 4.90 Å². The normalized spacial score (nSPS) is 15.2. The first-order valence-corrected chi connectivity index (χ1v) is 12.4. The lowest BCUT2D eigenvalue weighted by Gasteiger charge is -2.36. The molecular formula is C26H29N5OS. The van der Waals surface area contributed by atoms with E-state index in [1.54, 1.807) is 11.3 Å². The van der Waals surface area contributed by atoms with Crippen molar-refractivity contribution in [1.82, 2.24) is 19.7 Å². The number of benzene rings is 2. The van der Waals surface area contributed by atoms with Gasteiger partial charge in [-0.05, 0) is 38.0 Å². The first-order valence-electron chi connectivity index (χ1n) is 11.6. The van der Waals surface area contributed by atoms with Crippen LogP contribution in [0.15, 0.2) is 54.6 Å². The first kappa shape index (κ1) is 21.6. The van der Waals surface area contributed by atoms with Crippen molar-refractivity contribution in [2.24, 2.45) is 0 Å². The van der Waals surface area contributed by atoms with Gasteiger partial charge in [-0.1, -0.05) is 66.3 Å². The molecule has 33 heavy (non-hydrogen) atoms. The van der Waals surface area contributed by atoms with Crippen molar-refractivity contribution < 1.29 is 4.79 Å². The largest absolute Gasteiger partial charge is 0.344 e. The number of anilines is 1. The summed E-state index contributed by atoms with van der Waals surface area (Å²) < 4.78 is 3.06. The lowest BCUT2D eigenvalue weighted by molar-refractivity contribution is -0.133. The van der Waals surface area contributed by atoms with E-state index in [9.17, 15) is 4.79 Å². The molecule has 0 radical (unpaired) electrons. The summed E-state index contributed by atoms with van der Waals surface area (Å²) in [5.74, 6) is 0.168. The summed E-state index contributed by atoms with van der Waals surface area (Å²) in [6, 6.07) is 18.5. The Balaban J connectivity index is 1.32. The van der Waals surface area contributed by atoms with Gasteiger partial charge < -0.3 is 9.80 Å². The fraction of sp³-hybridized carbons (Fsp3) is 0.346. The third-order valence-corrected chi connectivity index (χ3v) is 7.64.